The number of hydrogen-bond acceptors (Lipinski definition) is 6. The van der Waals surface area contributed by atoms with E-state index in [4.69, 9.17) is 9.73 Å². The Balaban J connectivity index is 1.71. The van der Waals surface area contributed by atoms with E-state index in [1.54, 1.807) is 0 Å². The number of likely N-dealkylation sites (N-methyl/N-ethyl adjacent to an activating group) is 1. The average molecular weight is 417 g/mol. The van der Waals surface area contributed by atoms with Crippen molar-refractivity contribution in [3.8, 4) is 0 Å². The van der Waals surface area contributed by atoms with E-state index in [0.29, 0.717) is 19.7 Å². The number of aromatic nitrogens is 1. The third-order valence-corrected chi connectivity index (χ3v) is 5.75. The molecule has 2 saturated heterocycles. The third-order valence-electron chi connectivity index (χ3n) is 5.75. The maximum atomic E-state index is 12.2. The summed E-state index contributed by atoms with van der Waals surface area (Å²) in [7, 11) is 2.16. The van der Waals surface area contributed by atoms with Crippen molar-refractivity contribution in [3.63, 3.8) is 0 Å². The summed E-state index contributed by atoms with van der Waals surface area (Å²) in [5.41, 5.74) is 1.14. The fraction of sp³-hybridized carbons (Fsp3) is 0.682. The van der Waals surface area contributed by atoms with Crippen LogP contribution in [0.5, 0.6) is 0 Å². The summed E-state index contributed by atoms with van der Waals surface area (Å²) >= 11 is 0. The van der Waals surface area contributed by atoms with Crippen molar-refractivity contribution in [2.24, 2.45) is 10.9 Å². The lowest BCUT2D eigenvalue weighted by atomic mass is 9.98. The monoisotopic (exact) mass is 416 g/mol. The van der Waals surface area contributed by atoms with E-state index in [1.807, 2.05) is 19.2 Å². The van der Waals surface area contributed by atoms with Gasteiger partial charge in [0.1, 0.15) is 5.82 Å². The molecule has 0 amide bonds. The van der Waals surface area contributed by atoms with Crippen LogP contribution in [0.25, 0.3) is 0 Å². The Morgan fingerprint density at radius 2 is 2.07 bits per heavy atom. The van der Waals surface area contributed by atoms with Crippen molar-refractivity contribution in [1.29, 1.82) is 0 Å². The molecule has 0 spiro atoms. The highest BCUT2D eigenvalue weighted by molar-refractivity contribution is 5.81. The summed E-state index contributed by atoms with van der Waals surface area (Å²) < 4.78 is 5.25. The summed E-state index contributed by atoms with van der Waals surface area (Å²) in [6, 6.07) is 4.10. The zero-order chi connectivity index (χ0) is 21.3. The van der Waals surface area contributed by atoms with E-state index in [9.17, 15) is 4.79 Å². The fourth-order valence-electron chi connectivity index (χ4n) is 4.06. The van der Waals surface area contributed by atoms with Crippen molar-refractivity contribution in [3.05, 3.63) is 23.9 Å². The van der Waals surface area contributed by atoms with Crippen LogP contribution < -0.4 is 10.2 Å². The van der Waals surface area contributed by atoms with Crippen LogP contribution in [0.4, 0.5) is 5.82 Å². The number of hydrogen-bond donors (Lipinski definition) is 1. The summed E-state index contributed by atoms with van der Waals surface area (Å²) in [5.74, 6) is 1.72. The van der Waals surface area contributed by atoms with Crippen LogP contribution in [-0.4, -0.2) is 86.2 Å². The van der Waals surface area contributed by atoms with E-state index in [-0.39, 0.29) is 11.9 Å². The Kier molecular flexibility index (Phi) is 8.30. The van der Waals surface area contributed by atoms with Gasteiger partial charge >= 0.3 is 5.97 Å². The van der Waals surface area contributed by atoms with Gasteiger partial charge in [-0.05, 0) is 39.8 Å². The van der Waals surface area contributed by atoms with Gasteiger partial charge < -0.3 is 24.8 Å². The van der Waals surface area contributed by atoms with Crippen molar-refractivity contribution >= 4 is 17.7 Å². The summed E-state index contributed by atoms with van der Waals surface area (Å²) in [4.78, 5) is 28.7. The van der Waals surface area contributed by atoms with Crippen LogP contribution in [0.3, 0.4) is 0 Å². The Morgan fingerprint density at radius 3 is 2.80 bits per heavy atom. The number of piperazine rings is 1. The number of nitrogens with zero attached hydrogens (tertiary/aromatic N) is 5. The van der Waals surface area contributed by atoms with Crippen molar-refractivity contribution in [1.82, 2.24) is 20.1 Å². The smallest absolute Gasteiger partial charge is 0.310 e. The molecule has 0 radical (unpaired) electrons. The lowest BCUT2D eigenvalue weighted by Crippen LogP contribution is -2.48. The SMILES string of the molecule is CCNC(=NCc1cccnc1N1CCN(C)CC1)N1CCCC(C(=O)OCC)C1. The molecule has 166 valence electrons. The minimum absolute atomic E-state index is 0.0816. The molecule has 2 aliphatic rings. The van der Waals surface area contributed by atoms with Crippen LogP contribution in [0.1, 0.15) is 32.3 Å². The number of piperidine rings is 1. The molecule has 1 aromatic rings. The molecule has 2 aliphatic heterocycles. The molecule has 1 unspecified atom stereocenters. The third kappa shape index (κ3) is 5.84. The van der Waals surface area contributed by atoms with Gasteiger partial charge in [0.15, 0.2) is 5.96 Å². The Labute approximate surface area is 180 Å². The van der Waals surface area contributed by atoms with E-state index in [0.717, 1.165) is 69.5 Å². The first kappa shape index (κ1) is 22.3. The van der Waals surface area contributed by atoms with Gasteiger partial charge in [0.05, 0.1) is 19.1 Å². The van der Waals surface area contributed by atoms with E-state index < -0.39 is 0 Å². The molecule has 0 aliphatic carbocycles. The first-order valence-corrected chi connectivity index (χ1v) is 11.2. The first-order chi connectivity index (χ1) is 14.6. The number of carbonyl (C=O) groups is 1. The highest BCUT2D eigenvalue weighted by atomic mass is 16.5. The van der Waals surface area contributed by atoms with Gasteiger partial charge in [-0.3, -0.25) is 4.79 Å². The highest BCUT2D eigenvalue weighted by Crippen LogP contribution is 2.21. The Hall–Kier alpha value is -2.35. The topological polar surface area (TPSA) is 73.3 Å². The minimum atomic E-state index is -0.0948. The molecule has 1 aromatic heterocycles. The van der Waals surface area contributed by atoms with Gasteiger partial charge in [-0.25, -0.2) is 9.98 Å². The van der Waals surface area contributed by atoms with E-state index >= 15 is 0 Å². The van der Waals surface area contributed by atoms with Crippen LogP contribution >= 0.6 is 0 Å². The second-order valence-corrected chi connectivity index (χ2v) is 7.98. The molecule has 0 bridgehead atoms. The zero-order valence-electron chi connectivity index (χ0n) is 18.6. The molecule has 3 rings (SSSR count). The van der Waals surface area contributed by atoms with Crippen LogP contribution in [0, 0.1) is 5.92 Å². The van der Waals surface area contributed by atoms with Gasteiger partial charge in [0.25, 0.3) is 0 Å². The number of likely N-dealkylation sites (tertiary alicyclic amines) is 1. The lowest BCUT2D eigenvalue weighted by Gasteiger charge is -2.35. The molecule has 1 N–H and O–H groups in total. The maximum Gasteiger partial charge on any atom is 0.310 e. The van der Waals surface area contributed by atoms with Crippen LogP contribution in [0.15, 0.2) is 23.3 Å². The number of aliphatic imine (C=N–C) groups is 1. The molecular formula is C22H36N6O2. The normalized spacial score (nSPS) is 20.9. The van der Waals surface area contributed by atoms with Crippen molar-refractivity contribution in [2.45, 2.75) is 33.2 Å². The first-order valence-electron chi connectivity index (χ1n) is 11.2. The van der Waals surface area contributed by atoms with Crippen molar-refractivity contribution < 1.29 is 9.53 Å². The summed E-state index contributed by atoms with van der Waals surface area (Å²) in [6.45, 7) is 11.3. The number of rotatable bonds is 6. The predicted octanol–water partition coefficient (Wildman–Crippen LogP) is 1.57. The average Bonchev–Trinajstić information content (AvgIpc) is 2.78. The number of esters is 1. The zero-order valence-corrected chi connectivity index (χ0v) is 18.6. The molecular weight excluding hydrogens is 380 g/mol. The van der Waals surface area contributed by atoms with Gasteiger partial charge in [-0.1, -0.05) is 6.07 Å². The number of pyridine rings is 1. The number of ether oxygens (including phenoxy) is 1. The molecule has 1 atom stereocenters. The number of guanidine groups is 1. The van der Waals surface area contributed by atoms with E-state index in [2.05, 4.69) is 45.0 Å². The van der Waals surface area contributed by atoms with E-state index in [1.165, 1.54) is 0 Å². The second-order valence-electron chi connectivity index (χ2n) is 7.98. The van der Waals surface area contributed by atoms with Gasteiger partial charge in [0, 0.05) is 57.6 Å². The van der Waals surface area contributed by atoms with Crippen LogP contribution in [0.2, 0.25) is 0 Å². The van der Waals surface area contributed by atoms with Gasteiger partial charge in [-0.2, -0.15) is 0 Å². The minimum Gasteiger partial charge on any atom is -0.466 e. The molecule has 0 aromatic carbocycles. The fourth-order valence-corrected chi connectivity index (χ4v) is 4.06. The molecule has 0 saturated carbocycles. The number of anilines is 1. The second kappa shape index (κ2) is 11.2. The number of nitrogens with one attached hydrogen (secondary N) is 1. The van der Waals surface area contributed by atoms with Gasteiger partial charge in [-0.15, -0.1) is 0 Å². The van der Waals surface area contributed by atoms with Crippen molar-refractivity contribution in [2.75, 3.05) is 64.4 Å². The predicted molar refractivity (Wildman–Crippen MR) is 120 cm³/mol. The van der Waals surface area contributed by atoms with Gasteiger partial charge in [0.2, 0.25) is 0 Å². The molecule has 8 nitrogen and oxygen atoms in total. The number of carbonyl (C=O) groups excluding carboxylic acids is 1. The standard InChI is InChI=1S/C22H36N6O2/c1-4-23-22(28-11-7-9-19(17-28)21(29)30-5-2)25-16-18-8-6-10-24-20(18)27-14-12-26(3)13-15-27/h6,8,10,19H,4-5,7,9,11-17H2,1-3H3,(H,23,25). The Bertz CT molecular complexity index is 717. The molecule has 2 fully saturated rings. The Morgan fingerprint density at radius 1 is 1.27 bits per heavy atom. The highest BCUT2D eigenvalue weighted by Gasteiger charge is 2.28. The lowest BCUT2D eigenvalue weighted by molar-refractivity contribution is -0.149. The van der Waals surface area contributed by atoms with Crippen LogP contribution in [-0.2, 0) is 16.1 Å². The molecule has 8 heteroatoms. The maximum absolute atomic E-state index is 12.2. The largest absolute Gasteiger partial charge is 0.466 e. The summed E-state index contributed by atoms with van der Waals surface area (Å²) in [5, 5.41) is 3.40. The molecule has 30 heavy (non-hydrogen) atoms. The quantitative estimate of drug-likeness (QED) is 0.429. The molecule has 3 heterocycles. The summed E-state index contributed by atoms with van der Waals surface area (Å²) in [6.07, 6.45) is 3.71.